The molecule has 0 saturated carbocycles. The quantitative estimate of drug-likeness (QED) is 0.569. The van der Waals surface area contributed by atoms with Crippen LogP contribution in [0.1, 0.15) is 20.3 Å². The third kappa shape index (κ3) is 1.02. The molecule has 0 unspecified atom stereocenters. The fourth-order valence-corrected chi connectivity index (χ4v) is 1.81. The normalized spacial score (nSPS) is 19.5. The summed E-state index contributed by atoms with van der Waals surface area (Å²) in [5.41, 5.74) is 3.04. The van der Waals surface area contributed by atoms with Crippen LogP contribution in [0.4, 0.5) is 0 Å². The monoisotopic (exact) mass is 208 g/mol. The van der Waals surface area contributed by atoms with Crippen LogP contribution in [0.15, 0.2) is 20.6 Å². The van der Waals surface area contributed by atoms with Crippen molar-refractivity contribution in [3.63, 3.8) is 0 Å². The van der Waals surface area contributed by atoms with Crippen molar-refractivity contribution in [2.24, 2.45) is 0 Å². The first-order valence-electron chi connectivity index (χ1n) is 2.84. The SMILES string of the molecule is CC1=CC[C]([In])=C1C. The van der Waals surface area contributed by atoms with E-state index in [1.807, 2.05) is 0 Å². The van der Waals surface area contributed by atoms with Crippen molar-refractivity contribution in [1.29, 1.82) is 0 Å². The van der Waals surface area contributed by atoms with Crippen molar-refractivity contribution in [2.45, 2.75) is 20.3 Å². The van der Waals surface area contributed by atoms with E-state index in [0.717, 1.165) is 0 Å². The van der Waals surface area contributed by atoms with E-state index in [1.54, 1.807) is 8.90 Å². The summed E-state index contributed by atoms with van der Waals surface area (Å²) in [6, 6.07) is 0. The van der Waals surface area contributed by atoms with Crippen molar-refractivity contribution in [3.8, 4) is 0 Å². The summed E-state index contributed by atoms with van der Waals surface area (Å²) < 4.78 is 1.66. The first-order valence-corrected chi connectivity index (χ1v) is 4.49. The molecule has 0 N–H and O–H groups in total. The van der Waals surface area contributed by atoms with E-state index < -0.39 is 0 Å². The van der Waals surface area contributed by atoms with Crippen LogP contribution in [0.2, 0.25) is 0 Å². The van der Waals surface area contributed by atoms with E-state index in [1.165, 1.54) is 36.4 Å². The molecular weight excluding hydrogens is 199 g/mol. The Morgan fingerprint density at radius 2 is 2.12 bits per heavy atom. The van der Waals surface area contributed by atoms with E-state index in [4.69, 9.17) is 0 Å². The molecule has 2 radical (unpaired) electrons. The fraction of sp³-hybridized carbons (Fsp3) is 0.429. The van der Waals surface area contributed by atoms with Crippen LogP contribution in [-0.4, -0.2) is 24.4 Å². The van der Waals surface area contributed by atoms with Gasteiger partial charge in [-0.25, -0.2) is 0 Å². The van der Waals surface area contributed by atoms with E-state index >= 15 is 0 Å². The summed E-state index contributed by atoms with van der Waals surface area (Å²) in [5, 5.41) is 0. The first kappa shape index (κ1) is 6.47. The van der Waals surface area contributed by atoms with Crippen molar-refractivity contribution >= 4 is 24.4 Å². The van der Waals surface area contributed by atoms with Crippen LogP contribution in [0.5, 0.6) is 0 Å². The average Bonchev–Trinajstić information content (AvgIpc) is 1.98. The molecule has 0 aromatic carbocycles. The predicted molar refractivity (Wildman–Crippen MR) is 36.8 cm³/mol. The van der Waals surface area contributed by atoms with Gasteiger partial charge in [-0.2, -0.15) is 0 Å². The molecule has 0 fully saturated rings. The molecule has 0 spiro atoms. The minimum atomic E-state index is 1.24. The summed E-state index contributed by atoms with van der Waals surface area (Å²) in [4.78, 5) is 0. The Bertz CT molecular complexity index is 158. The van der Waals surface area contributed by atoms with Crippen molar-refractivity contribution < 1.29 is 0 Å². The molecule has 1 heteroatoms. The molecule has 0 saturated heterocycles. The molecule has 0 amide bonds. The second-order valence-corrected chi connectivity index (χ2v) is 4.23. The Kier molecular flexibility index (Phi) is 1.86. The second-order valence-electron chi connectivity index (χ2n) is 2.24. The summed E-state index contributed by atoms with van der Waals surface area (Å²) in [7, 11) is 0. The van der Waals surface area contributed by atoms with E-state index in [2.05, 4.69) is 19.9 Å². The van der Waals surface area contributed by atoms with Gasteiger partial charge in [0, 0.05) is 0 Å². The zero-order valence-electron chi connectivity index (χ0n) is 5.36. The van der Waals surface area contributed by atoms with Crippen molar-refractivity contribution in [3.05, 3.63) is 20.6 Å². The molecule has 0 aromatic heterocycles. The topological polar surface area (TPSA) is 0 Å². The third-order valence-electron chi connectivity index (χ3n) is 1.70. The molecule has 0 heterocycles. The Labute approximate surface area is 65.2 Å². The molecule has 40 valence electrons. The van der Waals surface area contributed by atoms with Crippen LogP contribution >= 0.6 is 0 Å². The van der Waals surface area contributed by atoms with Gasteiger partial charge >= 0.3 is 65.2 Å². The van der Waals surface area contributed by atoms with E-state index in [9.17, 15) is 0 Å². The third-order valence-corrected chi connectivity index (χ3v) is 3.61. The second kappa shape index (κ2) is 2.30. The van der Waals surface area contributed by atoms with Gasteiger partial charge in [0.05, 0.1) is 0 Å². The predicted octanol–water partition coefficient (Wildman–Crippen LogP) is 1.78. The molecule has 1 aliphatic carbocycles. The fourth-order valence-electron chi connectivity index (χ4n) is 0.822. The van der Waals surface area contributed by atoms with Crippen molar-refractivity contribution in [2.75, 3.05) is 0 Å². The van der Waals surface area contributed by atoms with E-state index in [-0.39, 0.29) is 0 Å². The van der Waals surface area contributed by atoms with Crippen LogP contribution in [0, 0.1) is 0 Å². The standard InChI is InChI=1S/C7H9.In/c1-6-4-3-5-7(6)2;/h4H,3H2,1-2H3;. The molecule has 1 aliphatic rings. The molecule has 8 heavy (non-hydrogen) atoms. The van der Waals surface area contributed by atoms with Gasteiger partial charge in [-0.15, -0.1) is 0 Å². The van der Waals surface area contributed by atoms with Gasteiger partial charge in [0.25, 0.3) is 0 Å². The van der Waals surface area contributed by atoms with Gasteiger partial charge in [-0.1, -0.05) is 0 Å². The summed E-state index contributed by atoms with van der Waals surface area (Å²) in [6.45, 7) is 4.41. The van der Waals surface area contributed by atoms with Gasteiger partial charge in [0.1, 0.15) is 0 Å². The molecule has 0 nitrogen and oxygen atoms in total. The Morgan fingerprint density at radius 3 is 2.25 bits per heavy atom. The molecule has 0 bridgehead atoms. The molecule has 0 atom stereocenters. The summed E-state index contributed by atoms with van der Waals surface area (Å²) >= 11 is 1.31. The Balaban J connectivity index is 2.88. The molecular formula is C7H9In. The zero-order valence-corrected chi connectivity index (χ0v) is 8.66. The van der Waals surface area contributed by atoms with Gasteiger partial charge in [0.15, 0.2) is 0 Å². The molecule has 0 aliphatic heterocycles. The number of hydrogen-bond donors (Lipinski definition) is 0. The Morgan fingerprint density at radius 1 is 1.50 bits per heavy atom. The van der Waals surface area contributed by atoms with Gasteiger partial charge in [-0.3, -0.25) is 0 Å². The minimum absolute atomic E-state index is 1.24. The van der Waals surface area contributed by atoms with Crippen LogP contribution in [0.25, 0.3) is 0 Å². The van der Waals surface area contributed by atoms with Gasteiger partial charge < -0.3 is 0 Å². The molecule has 1 rings (SSSR count). The summed E-state index contributed by atoms with van der Waals surface area (Å²) in [5.74, 6) is 0. The van der Waals surface area contributed by atoms with Gasteiger partial charge in [-0.05, 0) is 0 Å². The zero-order chi connectivity index (χ0) is 6.15. The average molecular weight is 208 g/mol. The first-order chi connectivity index (χ1) is 3.72. The maximum absolute atomic E-state index is 2.31. The number of allylic oxidation sites excluding steroid dienone is 4. The maximum atomic E-state index is 2.31. The van der Waals surface area contributed by atoms with Gasteiger partial charge in [0.2, 0.25) is 0 Å². The van der Waals surface area contributed by atoms with Crippen LogP contribution < -0.4 is 0 Å². The van der Waals surface area contributed by atoms with Crippen molar-refractivity contribution in [1.82, 2.24) is 0 Å². The van der Waals surface area contributed by atoms with E-state index in [0.29, 0.717) is 0 Å². The molecule has 0 aromatic rings. The number of rotatable bonds is 0. The summed E-state index contributed by atoms with van der Waals surface area (Å²) in [6.07, 6.45) is 3.55. The number of hydrogen-bond acceptors (Lipinski definition) is 0. The van der Waals surface area contributed by atoms with Crippen LogP contribution in [-0.2, 0) is 0 Å². The Hall–Kier alpha value is 0.350. The van der Waals surface area contributed by atoms with Crippen LogP contribution in [0.3, 0.4) is 0 Å².